The number of benzene rings is 3. The normalized spacial score (nSPS) is 11.5. The summed E-state index contributed by atoms with van der Waals surface area (Å²) in [5.41, 5.74) is 3.69. The number of halogens is 1. The maximum Gasteiger partial charge on any atom is 0.246 e. The fourth-order valence-corrected chi connectivity index (χ4v) is 3.48. The van der Waals surface area contributed by atoms with Crippen molar-refractivity contribution in [2.24, 2.45) is 0 Å². The van der Waals surface area contributed by atoms with Crippen LogP contribution in [-0.4, -0.2) is 31.4 Å². The van der Waals surface area contributed by atoms with Crippen molar-refractivity contribution < 1.29 is 9.59 Å². The molecule has 0 fully saturated rings. The number of amides is 2. The molecule has 7 heteroatoms. The maximum absolute atomic E-state index is 13.1. The Balaban J connectivity index is 1.58. The maximum atomic E-state index is 13.1. The van der Waals surface area contributed by atoms with Crippen molar-refractivity contribution in [2.75, 3.05) is 30.3 Å². The zero-order valence-corrected chi connectivity index (χ0v) is 19.4. The summed E-state index contributed by atoms with van der Waals surface area (Å²) in [5, 5.41) is 13.1. The Kier molecular flexibility index (Phi) is 9.30. The molecule has 4 N–H and O–H groups in total. The van der Waals surface area contributed by atoms with Crippen LogP contribution in [0.15, 0.2) is 78.9 Å². The summed E-state index contributed by atoms with van der Waals surface area (Å²) in [6.45, 7) is 3.31. The van der Waals surface area contributed by atoms with Crippen LogP contribution in [0, 0.1) is 0 Å². The van der Waals surface area contributed by atoms with Crippen LogP contribution in [-0.2, 0) is 16.0 Å². The topological polar surface area (TPSA) is 82.3 Å². The third-order valence-electron chi connectivity index (χ3n) is 5.05. The second kappa shape index (κ2) is 12.6. The van der Waals surface area contributed by atoms with Gasteiger partial charge in [0.05, 0.1) is 0 Å². The molecule has 0 aliphatic heterocycles. The van der Waals surface area contributed by atoms with Crippen LogP contribution in [0.25, 0.3) is 0 Å². The molecule has 0 spiro atoms. The Morgan fingerprint density at radius 3 is 2.15 bits per heavy atom. The third-order valence-corrected chi connectivity index (χ3v) is 5.30. The van der Waals surface area contributed by atoms with E-state index >= 15 is 0 Å². The van der Waals surface area contributed by atoms with Crippen LogP contribution in [0.1, 0.15) is 24.1 Å². The third kappa shape index (κ3) is 8.25. The Morgan fingerprint density at radius 1 is 0.818 bits per heavy atom. The van der Waals surface area contributed by atoms with E-state index in [1.165, 1.54) is 6.92 Å². The molecular formula is C26H29ClN4O2. The summed E-state index contributed by atoms with van der Waals surface area (Å²) in [6, 6.07) is 24.4. The van der Waals surface area contributed by atoms with Gasteiger partial charge in [0.15, 0.2) is 0 Å². The van der Waals surface area contributed by atoms with Crippen molar-refractivity contribution in [3.63, 3.8) is 0 Å². The smallest absolute Gasteiger partial charge is 0.246 e. The number of nitrogens with one attached hydrogen (secondary N) is 4. The highest BCUT2D eigenvalue weighted by Crippen LogP contribution is 2.18. The number of rotatable bonds is 11. The van der Waals surface area contributed by atoms with E-state index in [0.29, 0.717) is 30.3 Å². The molecule has 0 saturated carbocycles. The minimum Gasteiger partial charge on any atom is -0.383 e. The lowest BCUT2D eigenvalue weighted by Gasteiger charge is -2.19. The summed E-state index contributed by atoms with van der Waals surface area (Å²) < 4.78 is 0. The van der Waals surface area contributed by atoms with E-state index in [4.69, 9.17) is 11.6 Å². The summed E-state index contributed by atoms with van der Waals surface area (Å²) >= 11 is 5.96. The van der Waals surface area contributed by atoms with Gasteiger partial charge in [-0.15, -0.1) is 0 Å². The van der Waals surface area contributed by atoms with Gasteiger partial charge in [-0.1, -0.05) is 54.1 Å². The first kappa shape index (κ1) is 24.3. The van der Waals surface area contributed by atoms with Gasteiger partial charge in [0.25, 0.3) is 0 Å². The quantitative estimate of drug-likeness (QED) is 0.317. The van der Waals surface area contributed by atoms with Crippen LogP contribution in [0.4, 0.5) is 11.4 Å². The van der Waals surface area contributed by atoms with Gasteiger partial charge in [-0.25, -0.2) is 0 Å². The van der Waals surface area contributed by atoms with E-state index in [1.807, 2.05) is 78.9 Å². The van der Waals surface area contributed by atoms with Crippen molar-refractivity contribution in [3.05, 3.63) is 95.0 Å². The Labute approximate surface area is 199 Å². The molecule has 0 aromatic heterocycles. The van der Waals surface area contributed by atoms with E-state index in [-0.39, 0.29) is 11.8 Å². The Morgan fingerprint density at radius 2 is 1.48 bits per heavy atom. The van der Waals surface area contributed by atoms with Crippen LogP contribution < -0.4 is 21.3 Å². The number of carbonyl (C=O) groups excluding carboxylic acids is 2. The summed E-state index contributed by atoms with van der Waals surface area (Å²) in [5.74, 6) is -0.173. The van der Waals surface area contributed by atoms with E-state index < -0.39 is 6.04 Å². The van der Waals surface area contributed by atoms with E-state index in [9.17, 15) is 9.59 Å². The monoisotopic (exact) mass is 464 g/mol. The number of anilines is 2. The first-order valence-electron chi connectivity index (χ1n) is 10.9. The van der Waals surface area contributed by atoms with Gasteiger partial charge >= 0.3 is 0 Å². The standard InChI is InChI=1S/C26H29ClN4O2/c1-19(32)28-17-18-29-23-11-13-24(14-12-23)31-26(33)25(21-5-3-2-4-6-21)30-16-15-20-7-9-22(27)10-8-20/h2-14,25,29-30H,15-18H2,1H3,(H,28,32)(H,31,33). The Hall–Kier alpha value is -3.35. The van der Waals surface area contributed by atoms with E-state index in [2.05, 4.69) is 21.3 Å². The molecule has 0 aliphatic rings. The number of hydrogen-bond acceptors (Lipinski definition) is 4. The van der Waals surface area contributed by atoms with Crippen LogP contribution in [0.3, 0.4) is 0 Å². The van der Waals surface area contributed by atoms with Crippen molar-refractivity contribution in [1.82, 2.24) is 10.6 Å². The number of carbonyl (C=O) groups is 2. The molecular weight excluding hydrogens is 436 g/mol. The van der Waals surface area contributed by atoms with Gasteiger partial charge < -0.3 is 21.3 Å². The molecule has 3 aromatic rings. The molecule has 33 heavy (non-hydrogen) atoms. The highest BCUT2D eigenvalue weighted by atomic mass is 35.5. The van der Waals surface area contributed by atoms with Gasteiger partial charge in [0.1, 0.15) is 6.04 Å². The van der Waals surface area contributed by atoms with Gasteiger partial charge in [0.2, 0.25) is 11.8 Å². The van der Waals surface area contributed by atoms with Crippen molar-refractivity contribution in [3.8, 4) is 0 Å². The summed E-state index contributed by atoms with van der Waals surface area (Å²) in [6.07, 6.45) is 0.784. The average Bonchev–Trinajstić information content (AvgIpc) is 2.82. The molecule has 172 valence electrons. The first-order valence-corrected chi connectivity index (χ1v) is 11.3. The van der Waals surface area contributed by atoms with Crippen molar-refractivity contribution in [1.29, 1.82) is 0 Å². The van der Waals surface area contributed by atoms with Crippen LogP contribution >= 0.6 is 11.6 Å². The molecule has 2 amide bonds. The highest BCUT2D eigenvalue weighted by molar-refractivity contribution is 6.30. The minimum absolute atomic E-state index is 0.0513. The minimum atomic E-state index is -0.478. The van der Waals surface area contributed by atoms with Gasteiger partial charge in [-0.3, -0.25) is 9.59 Å². The SMILES string of the molecule is CC(=O)NCCNc1ccc(NC(=O)C(NCCc2ccc(Cl)cc2)c2ccccc2)cc1. The molecule has 1 unspecified atom stereocenters. The average molecular weight is 465 g/mol. The lowest BCUT2D eigenvalue weighted by Crippen LogP contribution is -2.34. The zero-order chi connectivity index (χ0) is 23.5. The van der Waals surface area contributed by atoms with Gasteiger partial charge in [0, 0.05) is 43.0 Å². The molecule has 3 aromatic carbocycles. The van der Waals surface area contributed by atoms with E-state index in [0.717, 1.165) is 23.2 Å². The van der Waals surface area contributed by atoms with Crippen molar-refractivity contribution >= 4 is 34.8 Å². The van der Waals surface area contributed by atoms with Crippen LogP contribution in [0.2, 0.25) is 5.02 Å². The molecule has 0 saturated heterocycles. The molecule has 1 atom stereocenters. The molecule has 0 bridgehead atoms. The zero-order valence-electron chi connectivity index (χ0n) is 18.6. The second-order valence-corrected chi connectivity index (χ2v) is 8.09. The lowest BCUT2D eigenvalue weighted by atomic mass is 10.1. The molecule has 0 aliphatic carbocycles. The Bertz CT molecular complexity index is 1020. The lowest BCUT2D eigenvalue weighted by molar-refractivity contribution is -0.119. The molecule has 6 nitrogen and oxygen atoms in total. The highest BCUT2D eigenvalue weighted by Gasteiger charge is 2.20. The second-order valence-electron chi connectivity index (χ2n) is 7.65. The fraction of sp³-hybridized carbons (Fsp3) is 0.231. The predicted octanol–water partition coefficient (Wildman–Crippen LogP) is 4.40. The fourth-order valence-electron chi connectivity index (χ4n) is 3.35. The molecule has 3 rings (SSSR count). The van der Waals surface area contributed by atoms with Gasteiger partial charge in [-0.05, 0) is 53.9 Å². The summed E-state index contributed by atoms with van der Waals surface area (Å²) in [7, 11) is 0. The van der Waals surface area contributed by atoms with E-state index in [1.54, 1.807) is 0 Å². The van der Waals surface area contributed by atoms with Crippen LogP contribution in [0.5, 0.6) is 0 Å². The first-order chi connectivity index (χ1) is 16.0. The molecule has 0 radical (unpaired) electrons. The molecule has 0 heterocycles. The predicted molar refractivity (Wildman–Crippen MR) is 135 cm³/mol. The van der Waals surface area contributed by atoms with Gasteiger partial charge in [-0.2, -0.15) is 0 Å². The largest absolute Gasteiger partial charge is 0.383 e. The number of hydrogen-bond donors (Lipinski definition) is 4. The summed E-state index contributed by atoms with van der Waals surface area (Å²) in [4.78, 5) is 24.0. The van der Waals surface area contributed by atoms with Crippen molar-refractivity contribution in [2.45, 2.75) is 19.4 Å².